The summed E-state index contributed by atoms with van der Waals surface area (Å²) in [4.78, 5) is 29.6. The molecule has 1 aliphatic rings. The average molecular weight is 384 g/mol. The van der Waals surface area contributed by atoms with Crippen molar-refractivity contribution in [1.29, 1.82) is 0 Å². The van der Waals surface area contributed by atoms with Crippen LogP contribution in [0.25, 0.3) is 0 Å². The minimum Gasteiger partial charge on any atom is -0.368 e. The van der Waals surface area contributed by atoms with Gasteiger partial charge < -0.3 is 16.0 Å². The molecule has 2 aromatic rings. The molecule has 8 nitrogen and oxygen atoms in total. The number of likely N-dealkylation sites (tertiary alicyclic amines) is 1. The maximum Gasteiger partial charge on any atom is 0.229 e. The molecule has 0 aliphatic carbocycles. The lowest BCUT2D eigenvalue weighted by atomic mass is 9.95. The van der Waals surface area contributed by atoms with Crippen LogP contribution in [0.1, 0.15) is 37.2 Å². The molecule has 8 heteroatoms. The van der Waals surface area contributed by atoms with Gasteiger partial charge in [-0.3, -0.25) is 9.69 Å². The highest BCUT2D eigenvalue weighted by atomic mass is 16.1. The van der Waals surface area contributed by atoms with E-state index < -0.39 is 0 Å². The number of amides is 1. The third-order valence-electron chi connectivity index (χ3n) is 5.19. The molecule has 0 saturated carbocycles. The molecule has 1 saturated heterocycles. The van der Waals surface area contributed by atoms with Crippen LogP contribution in [0.15, 0.2) is 30.3 Å². The van der Waals surface area contributed by atoms with Crippen LogP contribution in [-0.4, -0.2) is 52.9 Å². The second kappa shape index (κ2) is 8.97. The van der Waals surface area contributed by atoms with Crippen LogP contribution in [0.4, 0.5) is 11.9 Å². The van der Waals surface area contributed by atoms with Crippen molar-refractivity contribution in [3.63, 3.8) is 0 Å². The van der Waals surface area contributed by atoms with Crippen LogP contribution in [0, 0.1) is 5.92 Å². The SMILES string of the molecule is CC(c1nc(N)nc(N(C)C)n1)N1CCC(C(=O)NCc2ccccc2)CC1. The number of rotatable bonds is 6. The number of carbonyl (C=O) groups is 1. The molecule has 1 unspecified atom stereocenters. The van der Waals surface area contributed by atoms with E-state index in [4.69, 9.17) is 5.73 Å². The fourth-order valence-electron chi connectivity index (χ4n) is 3.43. The van der Waals surface area contributed by atoms with Crippen molar-refractivity contribution in [3.8, 4) is 0 Å². The smallest absolute Gasteiger partial charge is 0.229 e. The fourth-order valence-corrected chi connectivity index (χ4v) is 3.43. The molecule has 2 heterocycles. The Kier molecular flexibility index (Phi) is 6.41. The first-order chi connectivity index (χ1) is 13.4. The van der Waals surface area contributed by atoms with Gasteiger partial charge in [-0.2, -0.15) is 15.0 Å². The Labute approximate surface area is 166 Å². The van der Waals surface area contributed by atoms with Crippen molar-refractivity contribution in [2.24, 2.45) is 5.92 Å². The van der Waals surface area contributed by atoms with E-state index in [1.807, 2.05) is 49.3 Å². The number of piperidine rings is 1. The van der Waals surface area contributed by atoms with Gasteiger partial charge in [0.05, 0.1) is 6.04 Å². The van der Waals surface area contributed by atoms with E-state index in [-0.39, 0.29) is 23.8 Å². The topological polar surface area (TPSA) is 100 Å². The Bertz CT molecular complexity index is 788. The highest BCUT2D eigenvalue weighted by Gasteiger charge is 2.29. The molecule has 1 aromatic carbocycles. The van der Waals surface area contributed by atoms with E-state index in [2.05, 4.69) is 32.1 Å². The molecule has 1 aliphatic heterocycles. The Morgan fingerprint density at radius 1 is 1.21 bits per heavy atom. The van der Waals surface area contributed by atoms with Gasteiger partial charge in [0.1, 0.15) is 0 Å². The van der Waals surface area contributed by atoms with Crippen LogP contribution in [0.3, 0.4) is 0 Å². The fraction of sp³-hybridized carbons (Fsp3) is 0.500. The zero-order valence-electron chi connectivity index (χ0n) is 16.8. The van der Waals surface area contributed by atoms with Crippen molar-refractivity contribution < 1.29 is 4.79 Å². The van der Waals surface area contributed by atoms with Crippen LogP contribution in [0.5, 0.6) is 0 Å². The molecule has 150 valence electrons. The number of nitrogens with two attached hydrogens (primary N) is 1. The summed E-state index contributed by atoms with van der Waals surface area (Å²) in [5.74, 6) is 1.65. The molecular weight excluding hydrogens is 354 g/mol. The second-order valence-electron chi connectivity index (χ2n) is 7.44. The second-order valence-corrected chi connectivity index (χ2v) is 7.44. The monoisotopic (exact) mass is 383 g/mol. The van der Waals surface area contributed by atoms with E-state index >= 15 is 0 Å². The summed E-state index contributed by atoms with van der Waals surface area (Å²) < 4.78 is 0. The molecule has 28 heavy (non-hydrogen) atoms. The maximum atomic E-state index is 12.5. The Morgan fingerprint density at radius 2 is 1.89 bits per heavy atom. The average Bonchev–Trinajstić information content (AvgIpc) is 2.72. The zero-order valence-corrected chi connectivity index (χ0v) is 16.8. The molecule has 1 amide bonds. The maximum absolute atomic E-state index is 12.5. The Morgan fingerprint density at radius 3 is 2.54 bits per heavy atom. The summed E-state index contributed by atoms with van der Waals surface area (Å²) in [7, 11) is 3.76. The number of nitrogens with zero attached hydrogens (tertiary/aromatic N) is 5. The number of anilines is 2. The number of aromatic nitrogens is 3. The van der Waals surface area contributed by atoms with Gasteiger partial charge in [-0.1, -0.05) is 30.3 Å². The number of benzene rings is 1. The van der Waals surface area contributed by atoms with Crippen molar-refractivity contribution in [1.82, 2.24) is 25.2 Å². The summed E-state index contributed by atoms with van der Waals surface area (Å²) in [6, 6.07) is 10.0. The highest BCUT2D eigenvalue weighted by molar-refractivity contribution is 5.78. The van der Waals surface area contributed by atoms with Gasteiger partial charge in [-0.05, 0) is 38.4 Å². The summed E-state index contributed by atoms with van der Waals surface area (Å²) in [5, 5.41) is 3.06. The molecule has 3 N–H and O–H groups in total. The predicted molar refractivity (Wildman–Crippen MR) is 110 cm³/mol. The molecule has 0 bridgehead atoms. The predicted octanol–water partition coefficient (Wildman–Crippen LogP) is 1.61. The lowest BCUT2D eigenvalue weighted by Crippen LogP contribution is -2.41. The first-order valence-electron chi connectivity index (χ1n) is 9.68. The molecule has 1 atom stereocenters. The third kappa shape index (κ3) is 4.95. The minimum absolute atomic E-state index is 0.0253. The van der Waals surface area contributed by atoms with E-state index in [9.17, 15) is 4.79 Å². The minimum atomic E-state index is 0.0253. The van der Waals surface area contributed by atoms with Gasteiger partial charge in [-0.15, -0.1) is 0 Å². The lowest BCUT2D eigenvalue weighted by molar-refractivity contribution is -0.126. The zero-order chi connectivity index (χ0) is 20.1. The van der Waals surface area contributed by atoms with Crippen LogP contribution < -0.4 is 16.0 Å². The van der Waals surface area contributed by atoms with E-state index in [0.29, 0.717) is 18.3 Å². The van der Waals surface area contributed by atoms with Crippen molar-refractivity contribution in [2.75, 3.05) is 37.8 Å². The largest absolute Gasteiger partial charge is 0.368 e. The molecule has 1 fully saturated rings. The first-order valence-corrected chi connectivity index (χ1v) is 9.68. The van der Waals surface area contributed by atoms with Gasteiger partial charge in [0.25, 0.3) is 0 Å². The van der Waals surface area contributed by atoms with Crippen LogP contribution in [0.2, 0.25) is 0 Å². The lowest BCUT2D eigenvalue weighted by Gasteiger charge is -2.34. The van der Waals surface area contributed by atoms with Crippen molar-refractivity contribution >= 4 is 17.8 Å². The first kappa shape index (κ1) is 20.0. The van der Waals surface area contributed by atoms with Crippen molar-refractivity contribution in [3.05, 3.63) is 41.7 Å². The number of nitrogens with one attached hydrogen (secondary N) is 1. The van der Waals surface area contributed by atoms with Crippen LogP contribution >= 0.6 is 0 Å². The van der Waals surface area contributed by atoms with Crippen molar-refractivity contribution in [2.45, 2.75) is 32.4 Å². The third-order valence-corrected chi connectivity index (χ3v) is 5.19. The van der Waals surface area contributed by atoms with E-state index in [1.54, 1.807) is 0 Å². The standard InChI is InChI=1S/C20H29N7O/c1-14(17-23-19(21)25-20(24-17)26(2)3)27-11-9-16(10-12-27)18(28)22-13-15-7-5-4-6-8-15/h4-8,14,16H,9-13H2,1-3H3,(H,22,28)(H2,21,23,24,25). The molecule has 0 spiro atoms. The van der Waals surface area contributed by atoms with Gasteiger partial charge in [0.15, 0.2) is 5.82 Å². The molecular formula is C20H29N7O. The summed E-state index contributed by atoms with van der Waals surface area (Å²) in [6.07, 6.45) is 1.65. The van der Waals surface area contributed by atoms with Crippen LogP contribution in [-0.2, 0) is 11.3 Å². The van der Waals surface area contributed by atoms with Gasteiger partial charge in [0, 0.05) is 26.6 Å². The number of hydrogen-bond acceptors (Lipinski definition) is 7. The highest BCUT2D eigenvalue weighted by Crippen LogP contribution is 2.26. The Balaban J connectivity index is 1.54. The Hall–Kier alpha value is -2.74. The quantitative estimate of drug-likeness (QED) is 0.781. The molecule has 3 rings (SSSR count). The van der Waals surface area contributed by atoms with Gasteiger partial charge in [-0.25, -0.2) is 0 Å². The van der Waals surface area contributed by atoms with Gasteiger partial charge >= 0.3 is 0 Å². The summed E-state index contributed by atoms with van der Waals surface area (Å²) in [6.45, 7) is 4.30. The number of nitrogen functional groups attached to an aromatic ring is 1. The number of hydrogen-bond donors (Lipinski definition) is 2. The molecule has 0 radical (unpaired) electrons. The summed E-state index contributed by atoms with van der Waals surface area (Å²) in [5.41, 5.74) is 6.96. The van der Waals surface area contributed by atoms with E-state index in [1.165, 1.54) is 0 Å². The molecule has 1 aromatic heterocycles. The normalized spacial score (nSPS) is 16.5. The summed E-state index contributed by atoms with van der Waals surface area (Å²) >= 11 is 0. The number of carbonyl (C=O) groups excluding carboxylic acids is 1. The van der Waals surface area contributed by atoms with E-state index in [0.717, 1.165) is 31.5 Å². The van der Waals surface area contributed by atoms with Gasteiger partial charge in [0.2, 0.25) is 17.8 Å².